The van der Waals surface area contributed by atoms with Crippen LogP contribution in [0.1, 0.15) is 68.1 Å². The van der Waals surface area contributed by atoms with Gasteiger partial charge in [0.05, 0.1) is 11.8 Å². The maximum atomic E-state index is 12.6. The number of Topliss-reactive ketones (excluding diaryl/α,β-unsaturated/α-hetero) is 1. The predicted molar refractivity (Wildman–Crippen MR) is 117 cm³/mol. The molecule has 31 heavy (non-hydrogen) atoms. The molecule has 0 aliphatic carbocycles. The summed E-state index contributed by atoms with van der Waals surface area (Å²) in [5.74, 6) is -1.15. The van der Waals surface area contributed by atoms with Gasteiger partial charge in [0.15, 0.2) is 12.4 Å². The molecule has 0 aliphatic heterocycles. The molecule has 0 spiro atoms. The van der Waals surface area contributed by atoms with Gasteiger partial charge in [0, 0.05) is 28.7 Å². The molecule has 0 aliphatic rings. The van der Waals surface area contributed by atoms with Crippen molar-refractivity contribution >= 4 is 23.3 Å². The van der Waals surface area contributed by atoms with Crippen LogP contribution >= 0.6 is 0 Å². The normalized spacial score (nSPS) is 10.9. The van der Waals surface area contributed by atoms with E-state index in [9.17, 15) is 14.4 Å². The third-order valence-electron chi connectivity index (χ3n) is 5.10. The van der Waals surface area contributed by atoms with Gasteiger partial charge in [-0.25, -0.2) is 4.79 Å². The number of hydrogen-bond donors (Lipinski definition) is 1. The van der Waals surface area contributed by atoms with E-state index in [1.807, 2.05) is 33.8 Å². The fraction of sp³-hybridized carbons (Fsp3) is 0.292. The average Bonchev–Trinajstić information content (AvgIpc) is 3.35. The topological polar surface area (TPSA) is 90.5 Å². The van der Waals surface area contributed by atoms with Crippen LogP contribution in [0.2, 0.25) is 0 Å². The number of esters is 1. The summed E-state index contributed by atoms with van der Waals surface area (Å²) in [7, 11) is 0. The fourth-order valence-corrected chi connectivity index (χ4v) is 3.62. The molecule has 3 aromatic rings. The number of furan rings is 1. The quantitative estimate of drug-likeness (QED) is 0.433. The Balaban J connectivity index is 1.69. The van der Waals surface area contributed by atoms with Gasteiger partial charge in [-0.15, -0.1) is 0 Å². The second-order valence-electron chi connectivity index (χ2n) is 7.71. The van der Waals surface area contributed by atoms with Crippen molar-refractivity contribution in [2.24, 2.45) is 0 Å². The van der Waals surface area contributed by atoms with Crippen LogP contribution in [-0.4, -0.2) is 28.8 Å². The zero-order valence-electron chi connectivity index (χ0n) is 18.3. The van der Waals surface area contributed by atoms with E-state index in [-0.39, 0.29) is 29.8 Å². The van der Waals surface area contributed by atoms with Gasteiger partial charge in [0.25, 0.3) is 5.91 Å². The number of ketones is 1. The van der Waals surface area contributed by atoms with Gasteiger partial charge in [-0.3, -0.25) is 9.59 Å². The van der Waals surface area contributed by atoms with Crippen LogP contribution in [0.3, 0.4) is 0 Å². The minimum atomic E-state index is -0.639. The van der Waals surface area contributed by atoms with E-state index in [0.717, 1.165) is 17.0 Å². The van der Waals surface area contributed by atoms with Crippen molar-refractivity contribution in [1.29, 1.82) is 0 Å². The molecule has 0 atom stereocenters. The SMILES string of the molecule is Cc1ccc(C(=O)OCC(=O)c2cc(C)n(C(C)C)c2C)cc1NC(=O)c1ccco1. The van der Waals surface area contributed by atoms with Gasteiger partial charge >= 0.3 is 5.97 Å². The number of carbonyl (C=O) groups is 3. The van der Waals surface area contributed by atoms with E-state index in [1.165, 1.54) is 12.3 Å². The van der Waals surface area contributed by atoms with Crippen LogP contribution in [0, 0.1) is 20.8 Å². The minimum absolute atomic E-state index is 0.164. The average molecular weight is 422 g/mol. The van der Waals surface area contributed by atoms with Crippen molar-refractivity contribution in [3.8, 4) is 0 Å². The van der Waals surface area contributed by atoms with Crippen LogP contribution < -0.4 is 5.32 Å². The molecule has 2 heterocycles. The van der Waals surface area contributed by atoms with E-state index < -0.39 is 11.9 Å². The van der Waals surface area contributed by atoms with Gasteiger partial charge in [0.2, 0.25) is 5.78 Å². The molecule has 1 amide bonds. The van der Waals surface area contributed by atoms with E-state index in [0.29, 0.717) is 11.3 Å². The number of benzene rings is 1. The van der Waals surface area contributed by atoms with Crippen LogP contribution in [0.5, 0.6) is 0 Å². The first-order chi connectivity index (χ1) is 14.7. The maximum absolute atomic E-state index is 12.6. The number of carbonyl (C=O) groups excluding carboxylic acids is 3. The molecule has 3 rings (SSSR count). The molecule has 7 nitrogen and oxygen atoms in total. The lowest BCUT2D eigenvalue weighted by molar-refractivity contribution is 0.0474. The molecule has 7 heteroatoms. The van der Waals surface area contributed by atoms with E-state index in [2.05, 4.69) is 9.88 Å². The monoisotopic (exact) mass is 422 g/mol. The molecule has 0 unspecified atom stereocenters. The van der Waals surface area contributed by atoms with E-state index in [4.69, 9.17) is 9.15 Å². The molecule has 1 N–H and O–H groups in total. The highest BCUT2D eigenvalue weighted by Crippen LogP contribution is 2.22. The Hall–Kier alpha value is -3.61. The smallest absolute Gasteiger partial charge is 0.338 e. The zero-order valence-corrected chi connectivity index (χ0v) is 18.3. The standard InChI is InChI=1S/C24H26N2O5/c1-14(2)26-16(4)11-19(17(26)5)21(27)13-31-24(29)18-9-8-15(3)20(12-18)25-23(28)22-7-6-10-30-22/h6-12,14H,13H2,1-5H3,(H,25,28). The van der Waals surface area contributed by atoms with Crippen LogP contribution in [-0.2, 0) is 4.74 Å². The Labute approximate surface area is 181 Å². The number of nitrogens with one attached hydrogen (secondary N) is 1. The Kier molecular flexibility index (Phi) is 6.44. The lowest BCUT2D eigenvalue weighted by atomic mass is 10.1. The first kappa shape index (κ1) is 22.1. The van der Waals surface area contributed by atoms with Gasteiger partial charge in [0.1, 0.15) is 0 Å². The molecule has 0 saturated heterocycles. The van der Waals surface area contributed by atoms with E-state index in [1.54, 1.807) is 31.2 Å². The molecular weight excluding hydrogens is 396 g/mol. The zero-order chi connectivity index (χ0) is 22.7. The fourth-order valence-electron chi connectivity index (χ4n) is 3.62. The second-order valence-corrected chi connectivity index (χ2v) is 7.71. The highest BCUT2D eigenvalue weighted by Gasteiger charge is 2.19. The van der Waals surface area contributed by atoms with Gasteiger partial charge in [-0.1, -0.05) is 6.07 Å². The molecule has 0 fully saturated rings. The first-order valence-electron chi connectivity index (χ1n) is 10.0. The number of anilines is 1. The van der Waals surface area contributed by atoms with Crippen LogP contribution in [0.15, 0.2) is 47.1 Å². The molecular formula is C24H26N2O5. The molecule has 162 valence electrons. The van der Waals surface area contributed by atoms with Gasteiger partial charge < -0.3 is 19.0 Å². The Morgan fingerprint density at radius 3 is 2.45 bits per heavy atom. The largest absolute Gasteiger partial charge is 0.459 e. The van der Waals surface area contributed by atoms with Gasteiger partial charge in [-0.2, -0.15) is 0 Å². The van der Waals surface area contributed by atoms with Crippen molar-refractivity contribution < 1.29 is 23.5 Å². The summed E-state index contributed by atoms with van der Waals surface area (Å²) < 4.78 is 12.4. The number of rotatable bonds is 7. The first-order valence-corrected chi connectivity index (χ1v) is 10.0. The van der Waals surface area contributed by atoms with Crippen molar-refractivity contribution in [3.63, 3.8) is 0 Å². The number of nitrogens with zero attached hydrogens (tertiary/aromatic N) is 1. The van der Waals surface area contributed by atoms with Crippen molar-refractivity contribution in [3.05, 3.63) is 76.5 Å². The van der Waals surface area contributed by atoms with Crippen molar-refractivity contribution in [1.82, 2.24) is 4.57 Å². The lowest BCUT2D eigenvalue weighted by Crippen LogP contribution is -2.16. The summed E-state index contributed by atoms with van der Waals surface area (Å²) in [5, 5.41) is 2.72. The molecule has 0 radical (unpaired) electrons. The molecule has 2 aromatic heterocycles. The van der Waals surface area contributed by atoms with Crippen molar-refractivity contribution in [2.45, 2.75) is 40.7 Å². The summed E-state index contributed by atoms with van der Waals surface area (Å²) in [6, 6.07) is 10.0. The number of aromatic nitrogens is 1. The Morgan fingerprint density at radius 2 is 1.84 bits per heavy atom. The number of aryl methyl sites for hydroxylation is 2. The molecule has 0 bridgehead atoms. The number of hydrogen-bond acceptors (Lipinski definition) is 5. The van der Waals surface area contributed by atoms with Crippen molar-refractivity contribution in [2.75, 3.05) is 11.9 Å². The molecule has 0 saturated carbocycles. The predicted octanol–water partition coefficient (Wildman–Crippen LogP) is 4.88. The third kappa shape index (κ3) is 4.77. The summed E-state index contributed by atoms with van der Waals surface area (Å²) >= 11 is 0. The maximum Gasteiger partial charge on any atom is 0.338 e. The highest BCUT2D eigenvalue weighted by atomic mass is 16.5. The number of amides is 1. The summed E-state index contributed by atoms with van der Waals surface area (Å²) in [4.78, 5) is 37.4. The summed E-state index contributed by atoms with van der Waals surface area (Å²) in [6.45, 7) is 9.38. The van der Waals surface area contributed by atoms with E-state index >= 15 is 0 Å². The molecule has 1 aromatic carbocycles. The van der Waals surface area contributed by atoms with Crippen LogP contribution in [0.4, 0.5) is 5.69 Å². The number of ether oxygens (including phenoxy) is 1. The van der Waals surface area contributed by atoms with Crippen LogP contribution in [0.25, 0.3) is 0 Å². The minimum Gasteiger partial charge on any atom is -0.459 e. The highest BCUT2D eigenvalue weighted by molar-refractivity contribution is 6.04. The lowest BCUT2D eigenvalue weighted by Gasteiger charge is -2.13. The summed E-state index contributed by atoms with van der Waals surface area (Å²) in [5.41, 5.74) is 3.86. The Bertz CT molecular complexity index is 1120. The summed E-state index contributed by atoms with van der Waals surface area (Å²) in [6.07, 6.45) is 1.41. The van der Waals surface area contributed by atoms with Gasteiger partial charge in [-0.05, 0) is 70.5 Å². The second kappa shape index (κ2) is 9.04. The third-order valence-corrected chi connectivity index (χ3v) is 5.10. The Morgan fingerprint density at radius 1 is 1.10 bits per heavy atom.